The molecule has 0 fully saturated rings. The van der Waals surface area contributed by atoms with Crippen LogP contribution in [0.4, 0.5) is 24.8 Å². The Balaban J connectivity index is 2.26. The Hall–Kier alpha value is -1.18. The van der Waals surface area contributed by atoms with Crippen LogP contribution in [0.3, 0.4) is 0 Å². The first-order valence-corrected chi connectivity index (χ1v) is 4.98. The van der Waals surface area contributed by atoms with Crippen molar-refractivity contribution >= 4 is 23.4 Å². The Morgan fingerprint density at radius 3 is 2.73 bits per heavy atom. The van der Waals surface area contributed by atoms with E-state index in [4.69, 9.17) is 5.73 Å². The van der Waals surface area contributed by atoms with E-state index in [1.165, 1.54) is 12.4 Å². The van der Waals surface area contributed by atoms with Gasteiger partial charge in [0.25, 0.3) is 0 Å². The molecule has 1 aromatic rings. The van der Waals surface area contributed by atoms with Crippen molar-refractivity contribution in [3.63, 3.8) is 0 Å². The predicted molar refractivity (Wildman–Crippen MR) is 53.4 cm³/mol. The number of alkyl halides is 3. The van der Waals surface area contributed by atoms with Crippen LogP contribution in [0, 0.1) is 0 Å². The van der Waals surface area contributed by atoms with E-state index in [2.05, 4.69) is 15.3 Å². The van der Waals surface area contributed by atoms with Crippen molar-refractivity contribution in [3.05, 3.63) is 12.4 Å². The highest BCUT2D eigenvalue weighted by molar-refractivity contribution is 8.00. The van der Waals surface area contributed by atoms with Crippen LogP contribution in [0.25, 0.3) is 0 Å². The summed E-state index contributed by atoms with van der Waals surface area (Å²) in [5.41, 5.74) is 1.14. The molecule has 1 heterocycles. The van der Waals surface area contributed by atoms with Crippen molar-refractivity contribution in [2.24, 2.45) is 0 Å². The first kappa shape index (κ1) is 11.9. The maximum Gasteiger partial charge on any atom is 0.441 e. The van der Waals surface area contributed by atoms with Crippen molar-refractivity contribution in [3.8, 4) is 0 Å². The molecule has 0 spiro atoms. The fourth-order valence-electron chi connectivity index (χ4n) is 0.812. The van der Waals surface area contributed by atoms with Gasteiger partial charge in [-0.25, -0.2) is 4.98 Å². The van der Waals surface area contributed by atoms with Crippen LogP contribution in [0.1, 0.15) is 0 Å². The Morgan fingerprint density at radius 1 is 1.40 bits per heavy atom. The molecule has 0 bridgehead atoms. The van der Waals surface area contributed by atoms with E-state index in [9.17, 15) is 13.2 Å². The highest BCUT2D eigenvalue weighted by atomic mass is 32.2. The number of nitrogens with zero attached hydrogens (tertiary/aromatic N) is 2. The molecule has 3 N–H and O–H groups in total. The van der Waals surface area contributed by atoms with E-state index in [0.717, 1.165) is 0 Å². The second-order valence-electron chi connectivity index (χ2n) is 2.55. The summed E-state index contributed by atoms with van der Waals surface area (Å²) < 4.78 is 35.2. The molecule has 0 saturated heterocycles. The van der Waals surface area contributed by atoms with Gasteiger partial charge in [0.05, 0.1) is 12.4 Å². The minimum absolute atomic E-state index is 0.0834. The average molecular weight is 238 g/mol. The number of hydrogen-bond donors (Lipinski definition) is 2. The zero-order valence-corrected chi connectivity index (χ0v) is 8.40. The van der Waals surface area contributed by atoms with Crippen LogP contribution in [0.2, 0.25) is 0 Å². The normalized spacial score (nSPS) is 11.4. The first-order chi connectivity index (χ1) is 6.97. The van der Waals surface area contributed by atoms with Gasteiger partial charge in [-0.15, -0.1) is 0 Å². The van der Waals surface area contributed by atoms with Gasteiger partial charge in [0.2, 0.25) is 0 Å². The molecule has 0 unspecified atom stereocenters. The van der Waals surface area contributed by atoms with Crippen molar-refractivity contribution in [2.75, 3.05) is 23.3 Å². The van der Waals surface area contributed by atoms with Gasteiger partial charge in [-0.3, -0.25) is 4.98 Å². The maximum absolute atomic E-state index is 11.7. The number of nitrogen functional groups attached to an aromatic ring is 1. The van der Waals surface area contributed by atoms with Gasteiger partial charge in [0.1, 0.15) is 11.6 Å². The minimum atomic E-state index is -4.19. The summed E-state index contributed by atoms with van der Waals surface area (Å²) in [5, 5.41) is 2.68. The Bertz CT molecular complexity index is 317. The second kappa shape index (κ2) is 5.06. The number of nitrogens with two attached hydrogens (primary N) is 1. The highest BCUT2D eigenvalue weighted by Crippen LogP contribution is 2.29. The maximum atomic E-state index is 11.7. The first-order valence-electron chi connectivity index (χ1n) is 3.99. The molecule has 84 valence electrons. The standard InChI is InChI=1S/C7H9F3N4S/c8-7(9,10)15-2-1-13-6-4-12-3-5(11)14-6/h3-4H,1-2H2,(H3,11,13,14). The van der Waals surface area contributed by atoms with E-state index in [1.807, 2.05) is 0 Å². The smallest absolute Gasteiger partial charge is 0.382 e. The van der Waals surface area contributed by atoms with Crippen LogP contribution in [-0.2, 0) is 0 Å². The van der Waals surface area contributed by atoms with Crippen LogP contribution in [0.15, 0.2) is 12.4 Å². The van der Waals surface area contributed by atoms with E-state index >= 15 is 0 Å². The lowest BCUT2D eigenvalue weighted by Crippen LogP contribution is -2.10. The fourth-order valence-corrected chi connectivity index (χ4v) is 1.25. The van der Waals surface area contributed by atoms with Crippen molar-refractivity contribution in [1.29, 1.82) is 0 Å². The summed E-state index contributed by atoms with van der Waals surface area (Å²) in [5.74, 6) is 0.515. The topological polar surface area (TPSA) is 63.8 Å². The summed E-state index contributed by atoms with van der Waals surface area (Å²) in [6.07, 6.45) is 2.75. The van der Waals surface area contributed by atoms with Gasteiger partial charge < -0.3 is 11.1 Å². The van der Waals surface area contributed by atoms with Crippen molar-refractivity contribution in [2.45, 2.75) is 5.51 Å². The molecule has 0 aromatic carbocycles. The number of aromatic nitrogens is 2. The van der Waals surface area contributed by atoms with E-state index in [0.29, 0.717) is 5.82 Å². The summed E-state index contributed by atoms with van der Waals surface area (Å²) in [6, 6.07) is 0. The van der Waals surface area contributed by atoms with Crippen LogP contribution in [-0.4, -0.2) is 27.8 Å². The number of thioether (sulfide) groups is 1. The zero-order chi connectivity index (χ0) is 11.3. The molecular formula is C7H9F3N4S. The molecule has 0 aliphatic rings. The molecule has 0 aliphatic heterocycles. The lowest BCUT2D eigenvalue weighted by atomic mass is 10.6. The fraction of sp³-hybridized carbons (Fsp3) is 0.429. The molecule has 4 nitrogen and oxygen atoms in total. The van der Waals surface area contributed by atoms with Crippen LogP contribution < -0.4 is 11.1 Å². The van der Waals surface area contributed by atoms with Gasteiger partial charge in [-0.05, 0) is 11.8 Å². The Morgan fingerprint density at radius 2 is 2.13 bits per heavy atom. The monoisotopic (exact) mass is 238 g/mol. The third kappa shape index (κ3) is 5.31. The third-order valence-corrected chi connectivity index (χ3v) is 2.06. The molecule has 0 atom stereocenters. The number of hydrogen-bond acceptors (Lipinski definition) is 5. The predicted octanol–water partition coefficient (Wildman–Crippen LogP) is 1.72. The third-order valence-electron chi connectivity index (χ3n) is 1.33. The molecule has 15 heavy (non-hydrogen) atoms. The SMILES string of the molecule is Nc1cncc(NCCSC(F)(F)F)n1. The Kier molecular flexibility index (Phi) is 4.01. The summed E-state index contributed by atoms with van der Waals surface area (Å²) in [4.78, 5) is 7.55. The summed E-state index contributed by atoms with van der Waals surface area (Å²) in [6.45, 7) is 0.155. The summed E-state index contributed by atoms with van der Waals surface area (Å²) in [7, 11) is 0. The number of halogens is 3. The largest absolute Gasteiger partial charge is 0.441 e. The van der Waals surface area contributed by atoms with Crippen molar-refractivity contribution in [1.82, 2.24) is 9.97 Å². The van der Waals surface area contributed by atoms with E-state index < -0.39 is 5.51 Å². The lowest BCUT2D eigenvalue weighted by Gasteiger charge is -2.07. The zero-order valence-electron chi connectivity index (χ0n) is 7.58. The molecular weight excluding hydrogens is 229 g/mol. The van der Waals surface area contributed by atoms with Gasteiger partial charge in [0.15, 0.2) is 0 Å². The van der Waals surface area contributed by atoms with Gasteiger partial charge in [-0.1, -0.05) is 0 Å². The van der Waals surface area contributed by atoms with Crippen molar-refractivity contribution < 1.29 is 13.2 Å². The summed E-state index contributed by atoms with van der Waals surface area (Å²) >= 11 is -0.0849. The van der Waals surface area contributed by atoms with Gasteiger partial charge >= 0.3 is 5.51 Å². The van der Waals surface area contributed by atoms with E-state index in [1.54, 1.807) is 0 Å². The molecule has 8 heteroatoms. The van der Waals surface area contributed by atoms with Crippen LogP contribution in [0.5, 0.6) is 0 Å². The highest BCUT2D eigenvalue weighted by Gasteiger charge is 2.27. The minimum Gasteiger partial charge on any atom is -0.382 e. The average Bonchev–Trinajstić information content (AvgIpc) is 2.11. The number of rotatable bonds is 4. The van der Waals surface area contributed by atoms with Gasteiger partial charge in [-0.2, -0.15) is 13.2 Å². The number of anilines is 2. The van der Waals surface area contributed by atoms with E-state index in [-0.39, 0.29) is 29.9 Å². The molecule has 0 radical (unpaired) electrons. The molecule has 1 rings (SSSR count). The molecule has 0 aliphatic carbocycles. The molecule has 1 aromatic heterocycles. The van der Waals surface area contributed by atoms with Crippen LogP contribution >= 0.6 is 11.8 Å². The lowest BCUT2D eigenvalue weighted by molar-refractivity contribution is -0.0327. The molecule has 0 saturated carbocycles. The number of nitrogens with one attached hydrogen (secondary N) is 1. The Labute approximate surface area is 88.5 Å². The second-order valence-corrected chi connectivity index (χ2v) is 3.71. The quantitative estimate of drug-likeness (QED) is 0.782. The molecule has 0 amide bonds. The van der Waals surface area contributed by atoms with Gasteiger partial charge in [0, 0.05) is 12.3 Å².